The van der Waals surface area contributed by atoms with Crippen LogP contribution in [-0.4, -0.2) is 23.5 Å². The van der Waals surface area contributed by atoms with E-state index in [1.54, 1.807) is 30.3 Å². The number of nitrogens with one attached hydrogen (secondary N) is 2. The van der Waals surface area contributed by atoms with E-state index in [-0.39, 0.29) is 18.9 Å². The Morgan fingerprint density at radius 2 is 1.95 bits per heavy atom. The van der Waals surface area contributed by atoms with Crippen LogP contribution in [0.2, 0.25) is 0 Å². The number of benzene rings is 1. The first-order chi connectivity index (χ1) is 10.1. The van der Waals surface area contributed by atoms with Gasteiger partial charge in [0.05, 0.1) is 13.2 Å². The topological polar surface area (TPSA) is 91.6 Å². The highest BCUT2D eigenvalue weighted by molar-refractivity contribution is 9.10. The number of amides is 2. The average Bonchev–Trinajstić information content (AvgIpc) is 2.92. The van der Waals surface area contributed by atoms with E-state index < -0.39 is 11.8 Å². The quantitative estimate of drug-likeness (QED) is 0.766. The zero-order chi connectivity index (χ0) is 15.2. The fourth-order valence-corrected chi connectivity index (χ4v) is 1.97. The fraction of sp³-hybridized carbons (Fsp3) is 0.143. The molecule has 0 saturated carbocycles. The van der Waals surface area contributed by atoms with Crippen LogP contribution in [-0.2, 0) is 11.4 Å². The summed E-state index contributed by atoms with van der Waals surface area (Å²) < 4.78 is 5.51. The summed E-state index contributed by atoms with van der Waals surface area (Å²) in [4.78, 5) is 23.5. The third-order valence-electron chi connectivity index (χ3n) is 2.67. The lowest BCUT2D eigenvalue weighted by Crippen LogP contribution is -2.32. The van der Waals surface area contributed by atoms with Crippen molar-refractivity contribution < 1.29 is 19.1 Å². The van der Waals surface area contributed by atoms with Crippen molar-refractivity contribution in [2.45, 2.75) is 6.61 Å². The van der Waals surface area contributed by atoms with Crippen LogP contribution in [0.3, 0.4) is 0 Å². The number of anilines is 1. The number of carbonyl (C=O) groups excluding carboxylic acids is 2. The molecular formula is C14H13BrN2O4. The second kappa shape index (κ2) is 7.05. The van der Waals surface area contributed by atoms with E-state index >= 15 is 0 Å². The van der Waals surface area contributed by atoms with Gasteiger partial charge in [0.25, 0.3) is 5.91 Å². The lowest BCUT2D eigenvalue weighted by molar-refractivity contribution is -0.115. The molecule has 110 valence electrons. The van der Waals surface area contributed by atoms with Crippen molar-refractivity contribution in [2.24, 2.45) is 0 Å². The van der Waals surface area contributed by atoms with Crippen molar-refractivity contribution in [1.82, 2.24) is 5.32 Å². The minimum atomic E-state index is -0.480. The molecule has 0 bridgehead atoms. The molecule has 0 radical (unpaired) electrons. The van der Waals surface area contributed by atoms with E-state index in [1.807, 2.05) is 0 Å². The van der Waals surface area contributed by atoms with Crippen LogP contribution in [0.25, 0.3) is 0 Å². The summed E-state index contributed by atoms with van der Waals surface area (Å²) in [5, 5.41) is 14.2. The van der Waals surface area contributed by atoms with E-state index in [0.717, 1.165) is 0 Å². The molecule has 2 rings (SSSR count). The van der Waals surface area contributed by atoms with Crippen LogP contribution in [0.5, 0.6) is 0 Å². The molecule has 0 aliphatic heterocycles. The predicted molar refractivity (Wildman–Crippen MR) is 79.7 cm³/mol. The van der Waals surface area contributed by atoms with Crippen molar-refractivity contribution in [3.8, 4) is 0 Å². The van der Waals surface area contributed by atoms with Gasteiger partial charge in [-0.2, -0.15) is 0 Å². The van der Waals surface area contributed by atoms with Gasteiger partial charge in [0.1, 0.15) is 0 Å². The Morgan fingerprint density at radius 1 is 1.19 bits per heavy atom. The summed E-state index contributed by atoms with van der Waals surface area (Å²) in [5.41, 5.74) is 1.12. The van der Waals surface area contributed by atoms with Gasteiger partial charge in [0, 0.05) is 11.3 Å². The highest BCUT2D eigenvalue weighted by Gasteiger charge is 2.12. The number of rotatable bonds is 5. The summed E-state index contributed by atoms with van der Waals surface area (Å²) in [6.45, 7) is -0.375. The van der Waals surface area contributed by atoms with Gasteiger partial charge in [-0.15, -0.1) is 0 Å². The lowest BCUT2D eigenvalue weighted by Gasteiger charge is -2.09. The first kappa shape index (κ1) is 15.3. The molecule has 21 heavy (non-hydrogen) atoms. The highest BCUT2D eigenvalue weighted by Crippen LogP contribution is 2.15. The van der Waals surface area contributed by atoms with Gasteiger partial charge >= 0.3 is 0 Å². The summed E-state index contributed by atoms with van der Waals surface area (Å²) in [6.07, 6.45) is 0. The molecule has 2 aromatic rings. The van der Waals surface area contributed by atoms with Crippen LogP contribution in [0, 0.1) is 0 Å². The third-order valence-corrected chi connectivity index (χ3v) is 3.09. The molecule has 1 heterocycles. The molecule has 6 nitrogen and oxygen atoms in total. The predicted octanol–water partition coefficient (Wildman–Crippen LogP) is 1.90. The van der Waals surface area contributed by atoms with Crippen LogP contribution < -0.4 is 10.6 Å². The van der Waals surface area contributed by atoms with Crippen LogP contribution >= 0.6 is 15.9 Å². The Bertz CT molecular complexity index is 654. The van der Waals surface area contributed by atoms with Crippen molar-refractivity contribution >= 4 is 33.4 Å². The largest absolute Gasteiger partial charge is 0.444 e. The Kier molecular flexibility index (Phi) is 5.13. The minimum Gasteiger partial charge on any atom is -0.444 e. The first-order valence-electron chi connectivity index (χ1n) is 6.12. The molecule has 0 aliphatic carbocycles. The molecule has 7 heteroatoms. The number of furan rings is 1. The maximum atomic E-state index is 11.8. The second-order valence-corrected chi connectivity index (χ2v) is 4.93. The van der Waals surface area contributed by atoms with Gasteiger partial charge in [-0.1, -0.05) is 18.2 Å². The van der Waals surface area contributed by atoms with Crippen LogP contribution in [0.15, 0.2) is 45.5 Å². The van der Waals surface area contributed by atoms with Crippen LogP contribution in [0.4, 0.5) is 5.69 Å². The highest BCUT2D eigenvalue weighted by atomic mass is 79.9. The monoisotopic (exact) mass is 352 g/mol. The second-order valence-electron chi connectivity index (χ2n) is 4.15. The standard InChI is InChI=1S/C14H13BrN2O4/c15-12-6-5-11(21-12)14(20)16-7-13(19)17-10-4-2-1-3-9(10)8-18/h1-6,18H,7-8H2,(H,16,20)(H,17,19). The smallest absolute Gasteiger partial charge is 0.287 e. The zero-order valence-electron chi connectivity index (χ0n) is 10.9. The van der Waals surface area contributed by atoms with Gasteiger partial charge in [-0.3, -0.25) is 9.59 Å². The Hall–Kier alpha value is -2.12. The zero-order valence-corrected chi connectivity index (χ0v) is 12.5. The number of hydrogen-bond acceptors (Lipinski definition) is 4. The van der Waals surface area contributed by atoms with Gasteiger partial charge < -0.3 is 20.2 Å². The summed E-state index contributed by atoms with van der Waals surface area (Å²) in [6, 6.07) is 9.97. The number of aliphatic hydroxyl groups is 1. The Morgan fingerprint density at radius 3 is 2.62 bits per heavy atom. The first-order valence-corrected chi connectivity index (χ1v) is 6.91. The SMILES string of the molecule is O=C(CNC(=O)c1ccc(Br)o1)Nc1ccccc1CO. The maximum absolute atomic E-state index is 11.8. The fourth-order valence-electron chi connectivity index (χ4n) is 1.66. The van der Waals surface area contributed by atoms with Gasteiger partial charge in [-0.05, 0) is 34.1 Å². The van der Waals surface area contributed by atoms with Crippen molar-refractivity contribution in [3.63, 3.8) is 0 Å². The van der Waals surface area contributed by atoms with E-state index in [4.69, 9.17) is 9.52 Å². The molecule has 0 unspecified atom stereocenters. The Labute approximate surface area is 129 Å². The number of aliphatic hydroxyl groups excluding tert-OH is 1. The van der Waals surface area contributed by atoms with E-state index in [2.05, 4.69) is 26.6 Å². The molecule has 0 saturated heterocycles. The summed E-state index contributed by atoms with van der Waals surface area (Å²) in [5.74, 6) is -0.758. The van der Waals surface area contributed by atoms with E-state index in [1.165, 1.54) is 6.07 Å². The minimum absolute atomic E-state index is 0.116. The van der Waals surface area contributed by atoms with Gasteiger partial charge in [-0.25, -0.2) is 0 Å². The maximum Gasteiger partial charge on any atom is 0.287 e. The van der Waals surface area contributed by atoms with E-state index in [9.17, 15) is 9.59 Å². The number of hydrogen-bond donors (Lipinski definition) is 3. The van der Waals surface area contributed by atoms with Crippen molar-refractivity contribution in [1.29, 1.82) is 0 Å². The molecule has 0 fully saturated rings. The molecule has 2 amide bonds. The van der Waals surface area contributed by atoms with Crippen molar-refractivity contribution in [2.75, 3.05) is 11.9 Å². The molecular weight excluding hydrogens is 340 g/mol. The van der Waals surface area contributed by atoms with Gasteiger partial charge in [0.15, 0.2) is 10.4 Å². The summed E-state index contributed by atoms with van der Waals surface area (Å²) in [7, 11) is 0. The number of halogens is 1. The van der Waals surface area contributed by atoms with Crippen LogP contribution in [0.1, 0.15) is 16.1 Å². The third kappa shape index (κ3) is 4.17. The average molecular weight is 353 g/mol. The number of carbonyl (C=O) groups is 2. The normalized spacial score (nSPS) is 10.2. The number of para-hydroxylation sites is 1. The molecule has 3 N–H and O–H groups in total. The lowest BCUT2D eigenvalue weighted by atomic mass is 10.2. The molecule has 0 atom stereocenters. The van der Waals surface area contributed by atoms with Crippen molar-refractivity contribution in [3.05, 3.63) is 52.4 Å². The van der Waals surface area contributed by atoms with E-state index in [0.29, 0.717) is 15.9 Å². The van der Waals surface area contributed by atoms with Gasteiger partial charge in [0.2, 0.25) is 5.91 Å². The molecule has 0 spiro atoms. The molecule has 1 aromatic carbocycles. The summed E-state index contributed by atoms with van der Waals surface area (Å²) >= 11 is 3.09. The molecule has 0 aliphatic rings. The Balaban J connectivity index is 1.89. The molecule has 1 aromatic heterocycles.